The molecule has 0 atom stereocenters. The van der Waals surface area contributed by atoms with E-state index in [9.17, 15) is 26.4 Å². The maximum Gasteiger partial charge on any atom is 0.416 e. The Morgan fingerprint density at radius 2 is 1.59 bits per heavy atom. The van der Waals surface area contributed by atoms with Crippen LogP contribution in [0.25, 0.3) is 0 Å². The lowest BCUT2D eigenvalue weighted by Crippen LogP contribution is -2.35. The molecule has 7 nitrogen and oxygen atoms in total. The topological polar surface area (TPSA) is 96.5 Å². The van der Waals surface area contributed by atoms with Crippen molar-refractivity contribution < 1.29 is 31.1 Å². The van der Waals surface area contributed by atoms with Gasteiger partial charge in [0.2, 0.25) is 0 Å². The Morgan fingerprint density at radius 1 is 0.969 bits per heavy atom. The fraction of sp³-hybridized carbons (Fsp3) is 0.381. The summed E-state index contributed by atoms with van der Waals surface area (Å²) in [7, 11) is -4.13. The van der Waals surface area contributed by atoms with Crippen LogP contribution in [0.1, 0.15) is 31.9 Å². The number of hydrogen-bond acceptors (Lipinski definition) is 5. The van der Waals surface area contributed by atoms with Gasteiger partial charge in [-0.15, -0.1) is 0 Å². The Bertz CT molecular complexity index is 1050. The third kappa shape index (κ3) is 7.63. The molecule has 0 aromatic heterocycles. The van der Waals surface area contributed by atoms with Crippen molar-refractivity contribution in [2.75, 3.05) is 23.1 Å². The second kappa shape index (κ2) is 9.68. The molecule has 2 rings (SSSR count). The smallest absolute Gasteiger partial charge is 0.416 e. The summed E-state index contributed by atoms with van der Waals surface area (Å²) in [6.45, 7) is 7.12. The fourth-order valence-corrected chi connectivity index (χ4v) is 3.63. The molecule has 1 amide bonds. The number of alkyl halides is 3. The third-order valence-electron chi connectivity index (χ3n) is 4.03. The first-order chi connectivity index (χ1) is 14.7. The lowest BCUT2D eigenvalue weighted by atomic mass is 10.1. The summed E-state index contributed by atoms with van der Waals surface area (Å²) in [4.78, 5) is 11.6. The molecule has 3 N–H and O–H groups in total. The second-order valence-corrected chi connectivity index (χ2v) is 9.71. The lowest BCUT2D eigenvalue weighted by molar-refractivity contribution is -0.137. The van der Waals surface area contributed by atoms with Gasteiger partial charge in [0.15, 0.2) is 0 Å². The van der Waals surface area contributed by atoms with Crippen LogP contribution in [-0.4, -0.2) is 33.2 Å². The molecular weight excluding hydrogens is 447 g/mol. The summed E-state index contributed by atoms with van der Waals surface area (Å²) in [5.74, 6) is 0. The van der Waals surface area contributed by atoms with Gasteiger partial charge in [-0.1, -0.05) is 17.7 Å². The predicted molar refractivity (Wildman–Crippen MR) is 116 cm³/mol. The fourth-order valence-electron chi connectivity index (χ4n) is 2.56. The molecule has 2 aromatic rings. The quantitative estimate of drug-likeness (QED) is 0.505. The lowest BCUT2D eigenvalue weighted by Gasteiger charge is -2.20. The maximum atomic E-state index is 13.2. The minimum Gasteiger partial charge on any atom is -0.444 e. The number of aryl methyl sites for hydroxylation is 1. The number of ether oxygens (including phenoxy) is 1. The van der Waals surface area contributed by atoms with E-state index in [2.05, 4.69) is 15.4 Å². The molecule has 32 heavy (non-hydrogen) atoms. The zero-order valence-corrected chi connectivity index (χ0v) is 18.9. The number of sulfonamides is 1. The van der Waals surface area contributed by atoms with Crippen molar-refractivity contribution in [2.24, 2.45) is 0 Å². The molecule has 0 radical (unpaired) electrons. The predicted octanol–water partition coefficient (Wildman–Crippen LogP) is 4.75. The van der Waals surface area contributed by atoms with Crippen molar-refractivity contribution in [2.45, 2.75) is 44.4 Å². The van der Waals surface area contributed by atoms with Gasteiger partial charge in [0.25, 0.3) is 10.0 Å². The number of rotatable bonds is 7. The van der Waals surface area contributed by atoms with E-state index < -0.39 is 33.5 Å². The summed E-state index contributed by atoms with van der Waals surface area (Å²) >= 11 is 0. The van der Waals surface area contributed by atoms with Crippen LogP contribution in [0.3, 0.4) is 0 Å². The monoisotopic (exact) mass is 473 g/mol. The highest BCUT2D eigenvalue weighted by atomic mass is 32.2. The number of hydrogen-bond donors (Lipinski definition) is 3. The highest BCUT2D eigenvalue weighted by molar-refractivity contribution is 7.92. The molecule has 0 aliphatic rings. The van der Waals surface area contributed by atoms with E-state index in [1.807, 2.05) is 0 Å². The number of benzene rings is 2. The van der Waals surface area contributed by atoms with Gasteiger partial charge >= 0.3 is 12.3 Å². The average molecular weight is 474 g/mol. The van der Waals surface area contributed by atoms with Crippen LogP contribution in [0, 0.1) is 6.92 Å². The molecule has 0 aliphatic heterocycles. The van der Waals surface area contributed by atoms with Crippen molar-refractivity contribution in [1.82, 2.24) is 5.32 Å². The van der Waals surface area contributed by atoms with E-state index >= 15 is 0 Å². The summed E-state index contributed by atoms with van der Waals surface area (Å²) in [6, 6.07) is 8.59. The number of amides is 1. The van der Waals surface area contributed by atoms with Crippen molar-refractivity contribution >= 4 is 27.5 Å². The van der Waals surface area contributed by atoms with Gasteiger partial charge in [-0.25, -0.2) is 13.2 Å². The van der Waals surface area contributed by atoms with E-state index in [0.29, 0.717) is 0 Å². The zero-order valence-electron chi connectivity index (χ0n) is 18.1. The average Bonchev–Trinajstić information content (AvgIpc) is 2.64. The second-order valence-electron chi connectivity index (χ2n) is 8.03. The van der Waals surface area contributed by atoms with Crippen LogP contribution in [-0.2, 0) is 20.9 Å². The van der Waals surface area contributed by atoms with Gasteiger partial charge in [-0.05, 0) is 58.0 Å². The van der Waals surface area contributed by atoms with Crippen LogP contribution >= 0.6 is 0 Å². The number of nitrogens with one attached hydrogen (secondary N) is 3. The molecule has 0 fully saturated rings. The largest absolute Gasteiger partial charge is 0.444 e. The first-order valence-electron chi connectivity index (χ1n) is 9.69. The Hall–Kier alpha value is -2.95. The Morgan fingerprint density at radius 3 is 2.16 bits per heavy atom. The highest BCUT2D eigenvalue weighted by Gasteiger charge is 2.31. The Kier molecular flexibility index (Phi) is 7.66. The zero-order chi connectivity index (χ0) is 24.2. The molecule has 176 valence electrons. The van der Waals surface area contributed by atoms with Crippen LogP contribution < -0.4 is 15.4 Å². The summed E-state index contributed by atoms with van der Waals surface area (Å²) in [6.07, 6.45) is -5.30. The van der Waals surface area contributed by atoms with Crippen molar-refractivity contribution in [3.05, 3.63) is 53.6 Å². The summed E-state index contributed by atoms with van der Waals surface area (Å²) in [5.41, 5.74) is -0.983. The minimum atomic E-state index is -4.65. The van der Waals surface area contributed by atoms with Gasteiger partial charge in [0.05, 0.1) is 21.8 Å². The number of carbonyl (C=O) groups is 1. The number of alkyl carbamates (subject to hydrolysis) is 1. The van der Waals surface area contributed by atoms with Crippen LogP contribution in [0.15, 0.2) is 47.4 Å². The van der Waals surface area contributed by atoms with E-state index in [4.69, 9.17) is 4.74 Å². The molecule has 0 bridgehead atoms. The van der Waals surface area contributed by atoms with Gasteiger partial charge in [-0.2, -0.15) is 13.2 Å². The Labute approximate surface area is 185 Å². The SMILES string of the molecule is Cc1ccc(S(=O)(=O)Nc2cc(C(F)(F)F)ccc2NCCNC(=O)OC(C)(C)C)cc1. The number of carbonyl (C=O) groups excluding carboxylic acids is 1. The van der Waals surface area contributed by atoms with E-state index in [0.717, 1.165) is 23.8 Å². The molecule has 11 heteroatoms. The van der Waals surface area contributed by atoms with Gasteiger partial charge in [-0.3, -0.25) is 4.72 Å². The van der Waals surface area contributed by atoms with Crippen LogP contribution in [0.4, 0.5) is 29.3 Å². The first kappa shape index (κ1) is 25.3. The molecule has 2 aromatic carbocycles. The normalized spacial score (nSPS) is 12.2. The minimum absolute atomic E-state index is 0.0851. The van der Waals surface area contributed by atoms with E-state index in [1.165, 1.54) is 12.1 Å². The number of halogens is 3. The molecule has 0 spiro atoms. The molecule has 0 saturated carbocycles. The Balaban J connectivity index is 2.18. The van der Waals surface area contributed by atoms with Crippen molar-refractivity contribution in [3.63, 3.8) is 0 Å². The summed E-state index contributed by atoms with van der Waals surface area (Å²) < 4.78 is 72.2. The van der Waals surface area contributed by atoms with Gasteiger partial charge in [0, 0.05) is 13.1 Å². The number of anilines is 2. The van der Waals surface area contributed by atoms with Crippen LogP contribution in [0.5, 0.6) is 0 Å². The third-order valence-corrected chi connectivity index (χ3v) is 5.41. The highest BCUT2D eigenvalue weighted by Crippen LogP contribution is 2.35. The molecule has 0 aliphatic carbocycles. The van der Waals surface area contributed by atoms with Gasteiger partial charge < -0.3 is 15.4 Å². The van der Waals surface area contributed by atoms with Crippen molar-refractivity contribution in [1.29, 1.82) is 0 Å². The van der Waals surface area contributed by atoms with Crippen LogP contribution in [0.2, 0.25) is 0 Å². The molecular formula is C21H26F3N3O4S. The maximum absolute atomic E-state index is 13.2. The molecule has 0 heterocycles. The van der Waals surface area contributed by atoms with Crippen molar-refractivity contribution in [3.8, 4) is 0 Å². The summed E-state index contributed by atoms with van der Waals surface area (Å²) in [5, 5.41) is 5.33. The van der Waals surface area contributed by atoms with E-state index in [-0.39, 0.29) is 29.4 Å². The van der Waals surface area contributed by atoms with Gasteiger partial charge in [0.1, 0.15) is 5.60 Å². The van der Waals surface area contributed by atoms with E-state index in [1.54, 1.807) is 39.8 Å². The molecule has 0 saturated heterocycles. The molecule has 0 unspecified atom stereocenters. The standard InChI is InChI=1S/C21H26F3N3O4S/c1-14-5-8-16(9-6-14)32(29,30)27-18-13-15(21(22,23)24)7-10-17(18)25-11-12-26-19(28)31-20(2,3)4/h5-10,13,25,27H,11-12H2,1-4H3,(H,26,28). The first-order valence-corrected chi connectivity index (χ1v) is 11.2.